The molecule has 1 fully saturated rings. The van der Waals surface area contributed by atoms with Crippen LogP contribution in [-0.4, -0.2) is 38.6 Å². The van der Waals surface area contributed by atoms with Crippen molar-refractivity contribution in [3.05, 3.63) is 58.6 Å². The maximum atomic E-state index is 12.9. The van der Waals surface area contributed by atoms with Crippen molar-refractivity contribution in [1.82, 2.24) is 4.31 Å². The molecule has 0 radical (unpaired) electrons. The fourth-order valence-corrected chi connectivity index (χ4v) is 5.68. The van der Waals surface area contributed by atoms with Crippen LogP contribution in [0.3, 0.4) is 0 Å². The van der Waals surface area contributed by atoms with E-state index in [4.69, 9.17) is 16.3 Å². The van der Waals surface area contributed by atoms with Gasteiger partial charge in [-0.15, -0.1) is 0 Å². The average Bonchev–Trinajstić information content (AvgIpc) is 2.67. The summed E-state index contributed by atoms with van der Waals surface area (Å²) in [5.74, 6) is 0. The number of anilines is 1. The number of ether oxygens (including phenoxy) is 1. The Morgan fingerprint density at radius 2 is 1.89 bits per heavy atom. The maximum absolute atomic E-state index is 12.9. The number of aryl methyl sites for hydroxylation is 1. The molecular weight excluding hydrogens is 384 g/mol. The van der Waals surface area contributed by atoms with Crippen LogP contribution >= 0.6 is 11.6 Å². The molecule has 0 unspecified atom stereocenters. The lowest BCUT2D eigenvalue weighted by Gasteiger charge is -2.41. The van der Waals surface area contributed by atoms with Crippen LogP contribution in [0.4, 0.5) is 5.69 Å². The number of piperidine rings is 1. The number of hydrogen-bond donors (Lipinski definition) is 0. The average molecular weight is 407 g/mol. The summed E-state index contributed by atoms with van der Waals surface area (Å²) in [6.07, 6.45) is 1.55. The second-order valence-corrected chi connectivity index (χ2v) is 9.55. The van der Waals surface area contributed by atoms with Crippen LogP contribution in [-0.2, 0) is 21.4 Å². The van der Waals surface area contributed by atoms with E-state index in [1.807, 2.05) is 0 Å². The van der Waals surface area contributed by atoms with E-state index in [0.29, 0.717) is 31.4 Å². The smallest absolute Gasteiger partial charge is 0.243 e. The predicted octanol–water partition coefficient (Wildman–Crippen LogP) is 3.80. The molecule has 144 valence electrons. The fraction of sp³-hybridized carbons (Fsp3) is 0.400. The van der Waals surface area contributed by atoms with Crippen LogP contribution < -0.4 is 4.90 Å². The van der Waals surface area contributed by atoms with Gasteiger partial charge in [0, 0.05) is 35.4 Å². The summed E-state index contributed by atoms with van der Waals surface area (Å²) < 4.78 is 33.1. The number of nitrogens with zero attached hydrogens (tertiary/aromatic N) is 2. The third kappa shape index (κ3) is 3.72. The summed E-state index contributed by atoms with van der Waals surface area (Å²) in [4.78, 5) is 2.54. The summed E-state index contributed by atoms with van der Waals surface area (Å²) in [7, 11) is -3.51. The van der Waals surface area contributed by atoms with E-state index in [1.54, 1.807) is 22.5 Å². The van der Waals surface area contributed by atoms with E-state index in [-0.39, 0.29) is 10.9 Å². The molecule has 2 aliphatic heterocycles. The Balaban J connectivity index is 1.49. The Kier molecular flexibility index (Phi) is 5.16. The van der Waals surface area contributed by atoms with Crippen molar-refractivity contribution in [3.63, 3.8) is 0 Å². The van der Waals surface area contributed by atoms with Crippen LogP contribution in [0.1, 0.15) is 24.0 Å². The Morgan fingerprint density at radius 3 is 2.63 bits per heavy atom. The number of sulfonamides is 1. The van der Waals surface area contributed by atoms with Gasteiger partial charge in [-0.25, -0.2) is 8.42 Å². The molecule has 4 rings (SSSR count). The second-order valence-electron chi connectivity index (χ2n) is 7.17. The highest BCUT2D eigenvalue weighted by Gasteiger charge is 2.33. The first-order valence-electron chi connectivity index (χ1n) is 9.15. The molecule has 0 spiro atoms. The lowest BCUT2D eigenvalue weighted by molar-refractivity contribution is 0.0987. The first kappa shape index (κ1) is 18.7. The van der Waals surface area contributed by atoms with Crippen molar-refractivity contribution in [2.45, 2.75) is 37.3 Å². The van der Waals surface area contributed by atoms with Gasteiger partial charge >= 0.3 is 0 Å². The van der Waals surface area contributed by atoms with Gasteiger partial charge in [-0.2, -0.15) is 4.31 Å². The molecule has 0 amide bonds. The zero-order chi connectivity index (χ0) is 19.0. The van der Waals surface area contributed by atoms with Crippen LogP contribution in [0, 0.1) is 6.92 Å². The lowest BCUT2D eigenvalue weighted by atomic mass is 10.0. The molecule has 0 aromatic heterocycles. The fourth-order valence-electron chi connectivity index (χ4n) is 3.91. The van der Waals surface area contributed by atoms with Crippen molar-refractivity contribution < 1.29 is 13.2 Å². The number of rotatable bonds is 3. The van der Waals surface area contributed by atoms with Crippen molar-refractivity contribution in [1.29, 1.82) is 0 Å². The molecule has 2 heterocycles. The van der Waals surface area contributed by atoms with Crippen LogP contribution in [0.5, 0.6) is 0 Å². The van der Waals surface area contributed by atoms with E-state index >= 15 is 0 Å². The monoisotopic (exact) mass is 406 g/mol. The Hall–Kier alpha value is -1.60. The van der Waals surface area contributed by atoms with Crippen LogP contribution in [0.25, 0.3) is 0 Å². The molecular formula is C20H23ClN2O3S. The zero-order valence-corrected chi connectivity index (χ0v) is 16.8. The first-order valence-corrected chi connectivity index (χ1v) is 11.0. The molecule has 0 N–H and O–H groups in total. The van der Waals surface area contributed by atoms with Gasteiger partial charge in [-0.05, 0) is 44.0 Å². The van der Waals surface area contributed by atoms with E-state index < -0.39 is 10.0 Å². The van der Waals surface area contributed by atoms with Gasteiger partial charge in [0.2, 0.25) is 10.0 Å². The van der Waals surface area contributed by atoms with Gasteiger partial charge in [-0.1, -0.05) is 35.4 Å². The van der Waals surface area contributed by atoms with Gasteiger partial charge in [-0.3, -0.25) is 0 Å². The highest BCUT2D eigenvalue weighted by molar-refractivity contribution is 7.89. The standard InChI is InChI=1S/C20H23ClN2O3S/c1-15-5-6-20-16(11-15)13-26-14-23(20)18-7-9-22(10-8-18)27(24,25)19-4-2-3-17(21)12-19/h2-6,11-12,18H,7-10,13-14H2,1H3. The number of hydrogen-bond acceptors (Lipinski definition) is 4. The molecule has 1 saturated heterocycles. The normalized spacial score (nSPS) is 19.1. The molecule has 5 nitrogen and oxygen atoms in total. The minimum atomic E-state index is -3.51. The van der Waals surface area contributed by atoms with Gasteiger partial charge in [0.05, 0.1) is 11.5 Å². The third-order valence-electron chi connectivity index (χ3n) is 5.33. The molecule has 2 aromatic carbocycles. The zero-order valence-electron chi connectivity index (χ0n) is 15.3. The summed E-state index contributed by atoms with van der Waals surface area (Å²) in [5, 5.41) is 0.434. The molecule has 0 bridgehead atoms. The van der Waals surface area contributed by atoms with Gasteiger partial charge in [0.25, 0.3) is 0 Å². The van der Waals surface area contributed by atoms with Crippen molar-refractivity contribution >= 4 is 27.3 Å². The van der Waals surface area contributed by atoms with Gasteiger partial charge in [0.1, 0.15) is 6.73 Å². The summed E-state index contributed by atoms with van der Waals surface area (Å²) in [6.45, 7) is 4.27. The summed E-state index contributed by atoms with van der Waals surface area (Å²) >= 11 is 5.97. The molecule has 2 aliphatic rings. The Morgan fingerprint density at radius 1 is 1.11 bits per heavy atom. The van der Waals surface area contributed by atoms with Crippen molar-refractivity contribution in [2.24, 2.45) is 0 Å². The summed E-state index contributed by atoms with van der Waals surface area (Å²) in [6, 6.07) is 13.2. The van der Waals surface area contributed by atoms with E-state index in [1.165, 1.54) is 22.9 Å². The highest BCUT2D eigenvalue weighted by Crippen LogP contribution is 2.32. The minimum absolute atomic E-state index is 0.260. The minimum Gasteiger partial charge on any atom is -0.356 e. The van der Waals surface area contributed by atoms with Crippen LogP contribution in [0.15, 0.2) is 47.4 Å². The highest BCUT2D eigenvalue weighted by atomic mass is 35.5. The predicted molar refractivity (Wildman–Crippen MR) is 107 cm³/mol. The van der Waals surface area contributed by atoms with Crippen LogP contribution in [0.2, 0.25) is 5.02 Å². The third-order valence-corrected chi connectivity index (χ3v) is 7.46. The Labute approximate surface area is 165 Å². The largest absolute Gasteiger partial charge is 0.356 e. The quantitative estimate of drug-likeness (QED) is 0.778. The maximum Gasteiger partial charge on any atom is 0.243 e. The molecule has 0 aliphatic carbocycles. The van der Waals surface area contributed by atoms with Crippen molar-refractivity contribution in [3.8, 4) is 0 Å². The van der Waals surface area contributed by atoms with E-state index in [0.717, 1.165) is 12.8 Å². The lowest BCUT2D eigenvalue weighted by Crippen LogP contribution is -2.48. The number of benzene rings is 2. The molecule has 7 heteroatoms. The van der Waals surface area contributed by atoms with Crippen molar-refractivity contribution in [2.75, 3.05) is 24.7 Å². The van der Waals surface area contributed by atoms with Gasteiger partial charge in [0.15, 0.2) is 0 Å². The molecule has 2 aromatic rings. The Bertz CT molecular complexity index is 940. The first-order chi connectivity index (χ1) is 12.9. The second kappa shape index (κ2) is 7.43. The van der Waals surface area contributed by atoms with Gasteiger partial charge < -0.3 is 9.64 Å². The molecule has 0 atom stereocenters. The SMILES string of the molecule is Cc1ccc2c(c1)COCN2C1CCN(S(=O)(=O)c2cccc(Cl)c2)CC1. The number of halogens is 1. The topological polar surface area (TPSA) is 49.9 Å². The van der Waals surface area contributed by atoms with E-state index in [9.17, 15) is 8.42 Å². The molecule has 27 heavy (non-hydrogen) atoms. The summed E-state index contributed by atoms with van der Waals surface area (Å²) in [5.41, 5.74) is 3.64. The number of fused-ring (bicyclic) bond motifs is 1. The molecule has 0 saturated carbocycles. The van der Waals surface area contributed by atoms with E-state index in [2.05, 4.69) is 30.0 Å².